The molecule has 5 heteroatoms. The number of halogens is 2. The van der Waals surface area contributed by atoms with E-state index in [2.05, 4.69) is 26.2 Å². The highest BCUT2D eigenvalue weighted by Crippen LogP contribution is 2.27. The first-order valence-electron chi connectivity index (χ1n) is 5.96. The zero-order valence-electron chi connectivity index (χ0n) is 10.5. The average molecular weight is 325 g/mol. The van der Waals surface area contributed by atoms with Gasteiger partial charge < -0.3 is 10.1 Å². The number of hydrogen-bond acceptors (Lipinski definition) is 3. The molecule has 1 N–H and O–H groups in total. The molecule has 0 saturated carbocycles. The van der Waals surface area contributed by atoms with Gasteiger partial charge in [0, 0.05) is 17.2 Å². The van der Waals surface area contributed by atoms with E-state index in [4.69, 9.17) is 4.74 Å². The van der Waals surface area contributed by atoms with Crippen molar-refractivity contribution in [1.29, 1.82) is 0 Å². The lowest BCUT2D eigenvalue weighted by Gasteiger charge is -2.08. The molecule has 0 bridgehead atoms. The molecule has 3 nitrogen and oxygen atoms in total. The zero-order valence-corrected chi connectivity index (χ0v) is 12.1. The first kappa shape index (κ1) is 14.0. The smallest absolute Gasteiger partial charge is 0.165 e. The van der Waals surface area contributed by atoms with Gasteiger partial charge in [0.2, 0.25) is 0 Å². The number of hydrogen-bond donors (Lipinski definition) is 1. The first-order chi connectivity index (χ1) is 9.19. The fraction of sp³-hybridized carbons (Fsp3) is 0.214. The largest absolute Gasteiger partial charge is 0.453 e. The van der Waals surface area contributed by atoms with Crippen LogP contribution in [0.4, 0.5) is 4.39 Å². The quantitative estimate of drug-likeness (QED) is 0.906. The number of ether oxygens (including phenoxy) is 1. The number of aromatic nitrogens is 1. The maximum Gasteiger partial charge on any atom is 0.165 e. The van der Waals surface area contributed by atoms with Gasteiger partial charge in [-0.3, -0.25) is 4.98 Å². The molecule has 0 spiro atoms. The molecule has 0 saturated heterocycles. The Kier molecular flexibility index (Phi) is 4.87. The topological polar surface area (TPSA) is 34.2 Å². The molecule has 0 unspecified atom stereocenters. The molecule has 0 aliphatic rings. The van der Waals surface area contributed by atoms with Crippen LogP contribution in [-0.2, 0) is 6.54 Å². The predicted molar refractivity (Wildman–Crippen MR) is 75.8 cm³/mol. The molecule has 0 amide bonds. The van der Waals surface area contributed by atoms with E-state index < -0.39 is 5.82 Å². The Morgan fingerprint density at radius 3 is 2.95 bits per heavy atom. The summed E-state index contributed by atoms with van der Waals surface area (Å²) in [6.07, 6.45) is 3.32. The van der Waals surface area contributed by atoms with Gasteiger partial charge in [0.25, 0.3) is 0 Å². The highest BCUT2D eigenvalue weighted by molar-refractivity contribution is 9.10. The van der Waals surface area contributed by atoms with Crippen molar-refractivity contribution in [2.24, 2.45) is 0 Å². The van der Waals surface area contributed by atoms with Gasteiger partial charge >= 0.3 is 0 Å². The number of nitrogens with zero attached hydrogens (tertiary/aromatic N) is 1. The van der Waals surface area contributed by atoms with Gasteiger partial charge in [-0.05, 0) is 36.4 Å². The summed E-state index contributed by atoms with van der Waals surface area (Å²) in [7, 11) is 0. The maximum atomic E-state index is 13.6. The third-order valence-electron chi connectivity index (χ3n) is 2.47. The van der Waals surface area contributed by atoms with Crippen molar-refractivity contribution in [3.05, 3.63) is 52.5 Å². The van der Waals surface area contributed by atoms with E-state index in [0.717, 1.165) is 16.6 Å². The molecule has 1 aromatic heterocycles. The summed E-state index contributed by atoms with van der Waals surface area (Å²) in [5.41, 5.74) is 0.995. The average Bonchev–Trinajstić information content (AvgIpc) is 2.41. The van der Waals surface area contributed by atoms with Gasteiger partial charge in [0.05, 0.1) is 6.20 Å². The Morgan fingerprint density at radius 1 is 1.32 bits per heavy atom. The van der Waals surface area contributed by atoms with Crippen LogP contribution in [0.5, 0.6) is 11.5 Å². The van der Waals surface area contributed by atoms with Crippen LogP contribution in [-0.4, -0.2) is 11.5 Å². The summed E-state index contributed by atoms with van der Waals surface area (Å²) in [5.74, 6) is 0.296. The molecule has 1 heterocycles. The summed E-state index contributed by atoms with van der Waals surface area (Å²) >= 11 is 3.29. The number of benzene rings is 1. The zero-order chi connectivity index (χ0) is 13.7. The van der Waals surface area contributed by atoms with Crippen LogP contribution in [0.25, 0.3) is 0 Å². The van der Waals surface area contributed by atoms with Gasteiger partial charge in [0.15, 0.2) is 11.6 Å². The van der Waals surface area contributed by atoms with Gasteiger partial charge in [-0.25, -0.2) is 4.39 Å². The Balaban J connectivity index is 2.16. The van der Waals surface area contributed by atoms with Crippen LogP contribution in [0.3, 0.4) is 0 Å². The lowest BCUT2D eigenvalue weighted by molar-refractivity contribution is 0.439. The van der Waals surface area contributed by atoms with E-state index in [9.17, 15) is 4.39 Å². The molecule has 0 radical (unpaired) electrons. The van der Waals surface area contributed by atoms with E-state index >= 15 is 0 Å². The molecule has 0 aliphatic carbocycles. The Bertz CT molecular complexity index is 563. The van der Waals surface area contributed by atoms with Crippen LogP contribution in [0.1, 0.15) is 12.5 Å². The number of nitrogens with one attached hydrogen (secondary N) is 1. The van der Waals surface area contributed by atoms with Crippen LogP contribution in [0.15, 0.2) is 41.1 Å². The van der Waals surface area contributed by atoms with Crippen LogP contribution < -0.4 is 10.1 Å². The molecule has 1 aromatic carbocycles. The summed E-state index contributed by atoms with van der Waals surface area (Å²) in [6, 6.07) is 6.42. The van der Waals surface area contributed by atoms with Crippen molar-refractivity contribution < 1.29 is 9.13 Å². The first-order valence-corrected chi connectivity index (χ1v) is 6.76. The summed E-state index contributed by atoms with van der Waals surface area (Å²) < 4.78 is 19.9. The second-order valence-corrected chi connectivity index (χ2v) is 4.90. The van der Waals surface area contributed by atoms with Gasteiger partial charge in [-0.2, -0.15) is 0 Å². The third kappa shape index (κ3) is 4.01. The monoisotopic (exact) mass is 324 g/mol. The second kappa shape index (κ2) is 6.63. The van der Waals surface area contributed by atoms with E-state index in [0.29, 0.717) is 12.3 Å². The second-order valence-electron chi connectivity index (χ2n) is 3.99. The van der Waals surface area contributed by atoms with Crippen LogP contribution >= 0.6 is 15.9 Å². The Morgan fingerprint density at radius 2 is 2.16 bits per heavy atom. The standard InChI is InChI=1S/C14H14BrFN2O/c1-2-17-7-10-5-12(9-18-8-10)19-14-6-11(15)3-4-13(14)16/h3-6,8-9,17H,2,7H2,1H3. The fourth-order valence-corrected chi connectivity index (χ4v) is 1.91. The van der Waals surface area contributed by atoms with Crippen molar-refractivity contribution in [1.82, 2.24) is 10.3 Å². The molecule has 0 aliphatic heterocycles. The predicted octanol–water partition coefficient (Wildman–Crippen LogP) is 3.89. The van der Waals surface area contributed by atoms with Crippen molar-refractivity contribution >= 4 is 15.9 Å². The molecule has 2 rings (SSSR count). The van der Waals surface area contributed by atoms with Gasteiger partial charge in [-0.15, -0.1) is 0 Å². The van der Waals surface area contributed by atoms with Crippen LogP contribution in [0, 0.1) is 5.82 Å². The summed E-state index contributed by atoms with van der Waals surface area (Å²) in [5, 5.41) is 3.20. The number of pyridine rings is 1. The fourth-order valence-electron chi connectivity index (χ4n) is 1.57. The highest BCUT2D eigenvalue weighted by Gasteiger charge is 2.06. The van der Waals surface area contributed by atoms with Crippen molar-refractivity contribution in [2.75, 3.05) is 6.54 Å². The summed E-state index contributed by atoms with van der Waals surface area (Å²) in [6.45, 7) is 3.62. The SMILES string of the molecule is CCNCc1cncc(Oc2cc(Br)ccc2F)c1. The van der Waals surface area contributed by atoms with Crippen molar-refractivity contribution in [3.63, 3.8) is 0 Å². The minimum Gasteiger partial charge on any atom is -0.453 e. The third-order valence-corrected chi connectivity index (χ3v) is 2.96. The number of rotatable bonds is 5. The Hall–Kier alpha value is -1.46. The van der Waals surface area contributed by atoms with Crippen molar-refractivity contribution in [2.45, 2.75) is 13.5 Å². The van der Waals surface area contributed by atoms with Crippen molar-refractivity contribution in [3.8, 4) is 11.5 Å². The van der Waals surface area contributed by atoms with E-state index in [1.54, 1.807) is 24.5 Å². The Labute approximate surface area is 119 Å². The minimum absolute atomic E-state index is 0.178. The molecule has 19 heavy (non-hydrogen) atoms. The lowest BCUT2D eigenvalue weighted by Crippen LogP contribution is -2.11. The highest BCUT2D eigenvalue weighted by atomic mass is 79.9. The molecule has 2 aromatic rings. The van der Waals surface area contributed by atoms with E-state index in [1.165, 1.54) is 6.07 Å². The summed E-state index contributed by atoms with van der Waals surface area (Å²) in [4.78, 5) is 4.09. The normalized spacial score (nSPS) is 10.5. The van der Waals surface area contributed by atoms with Gasteiger partial charge in [-0.1, -0.05) is 22.9 Å². The maximum absolute atomic E-state index is 13.6. The molecular weight excluding hydrogens is 311 g/mol. The van der Waals surface area contributed by atoms with E-state index in [-0.39, 0.29) is 5.75 Å². The molecule has 0 fully saturated rings. The van der Waals surface area contributed by atoms with E-state index in [1.807, 2.05) is 13.0 Å². The molecular formula is C14H14BrFN2O. The molecule has 100 valence electrons. The van der Waals surface area contributed by atoms with Crippen LogP contribution in [0.2, 0.25) is 0 Å². The lowest BCUT2D eigenvalue weighted by atomic mass is 10.2. The molecule has 0 atom stereocenters. The minimum atomic E-state index is -0.403. The van der Waals surface area contributed by atoms with Gasteiger partial charge in [0.1, 0.15) is 5.75 Å².